The molecule has 1 N–H and O–H groups in total. The summed E-state index contributed by atoms with van der Waals surface area (Å²) in [5, 5.41) is 4.87. The van der Waals surface area contributed by atoms with Crippen LogP contribution in [-0.2, 0) is 0 Å². The van der Waals surface area contributed by atoms with Gasteiger partial charge in [0.15, 0.2) is 0 Å². The predicted molar refractivity (Wildman–Crippen MR) is 86.9 cm³/mol. The molecule has 1 amide bonds. The van der Waals surface area contributed by atoms with Crippen molar-refractivity contribution in [2.45, 2.75) is 20.3 Å². The smallest absolute Gasteiger partial charge is 0.267 e. The van der Waals surface area contributed by atoms with E-state index in [9.17, 15) is 4.79 Å². The van der Waals surface area contributed by atoms with E-state index in [0.29, 0.717) is 17.0 Å². The van der Waals surface area contributed by atoms with Crippen LogP contribution in [0.25, 0.3) is 0 Å². The van der Waals surface area contributed by atoms with E-state index in [4.69, 9.17) is 11.6 Å². The number of nitrogens with zero attached hydrogens (tertiary/aromatic N) is 1. The molecule has 2 rings (SSSR count). The molecule has 0 aliphatic heterocycles. The van der Waals surface area contributed by atoms with Crippen LogP contribution in [0.3, 0.4) is 0 Å². The number of amides is 1. The number of hydrogen-bond acceptors (Lipinski definition) is 2. The highest BCUT2D eigenvalue weighted by atomic mass is 35.5. The lowest BCUT2D eigenvalue weighted by Gasteiger charge is -2.06. The first-order valence-corrected chi connectivity index (χ1v) is 7.17. The Morgan fingerprint density at radius 1 is 1.14 bits per heavy atom. The molecular formula is C17H17ClN2O. The fourth-order valence-electron chi connectivity index (χ4n) is 1.98. The molecule has 2 aromatic rings. The molecule has 0 heterocycles. The van der Waals surface area contributed by atoms with Gasteiger partial charge < -0.3 is 0 Å². The molecule has 0 unspecified atom stereocenters. The van der Waals surface area contributed by atoms with Crippen LogP contribution in [0.15, 0.2) is 53.6 Å². The summed E-state index contributed by atoms with van der Waals surface area (Å²) in [7, 11) is 0. The summed E-state index contributed by atoms with van der Waals surface area (Å²) in [4.78, 5) is 12.1. The quantitative estimate of drug-likeness (QED) is 0.667. The molecule has 0 saturated carbocycles. The van der Waals surface area contributed by atoms with E-state index >= 15 is 0 Å². The van der Waals surface area contributed by atoms with Crippen LogP contribution in [0.2, 0.25) is 5.02 Å². The predicted octanol–water partition coefficient (Wildman–Crippen LogP) is 4.19. The lowest BCUT2D eigenvalue weighted by molar-refractivity contribution is 0.0954. The van der Waals surface area contributed by atoms with Gasteiger partial charge in [-0.15, -0.1) is 0 Å². The van der Waals surface area contributed by atoms with E-state index < -0.39 is 0 Å². The number of carbonyl (C=O) groups excluding carboxylic acids is 1. The molecule has 2 aromatic carbocycles. The lowest BCUT2D eigenvalue weighted by Crippen LogP contribution is -2.20. The van der Waals surface area contributed by atoms with Crippen molar-refractivity contribution in [1.82, 2.24) is 5.43 Å². The van der Waals surface area contributed by atoms with Gasteiger partial charge in [-0.2, -0.15) is 5.10 Å². The SMILES string of the molecule is CCC(=NNC(=O)c1cccc(C)c1)c1cccc(Cl)c1. The maximum atomic E-state index is 12.1. The van der Waals surface area contributed by atoms with Crippen molar-refractivity contribution < 1.29 is 4.79 Å². The average molecular weight is 301 g/mol. The Hall–Kier alpha value is -2.13. The van der Waals surface area contributed by atoms with Crippen molar-refractivity contribution >= 4 is 23.2 Å². The first kappa shape index (κ1) is 15.3. The average Bonchev–Trinajstić information content (AvgIpc) is 2.48. The Morgan fingerprint density at radius 3 is 2.52 bits per heavy atom. The molecule has 21 heavy (non-hydrogen) atoms. The summed E-state index contributed by atoms with van der Waals surface area (Å²) in [6.07, 6.45) is 0.703. The van der Waals surface area contributed by atoms with E-state index in [1.165, 1.54) is 0 Å². The molecule has 108 valence electrons. The van der Waals surface area contributed by atoms with Crippen LogP contribution >= 0.6 is 11.6 Å². The zero-order valence-electron chi connectivity index (χ0n) is 12.1. The van der Waals surface area contributed by atoms with E-state index in [0.717, 1.165) is 16.8 Å². The summed E-state index contributed by atoms with van der Waals surface area (Å²) in [5.41, 5.74) is 5.94. The van der Waals surface area contributed by atoms with Crippen molar-refractivity contribution in [3.05, 3.63) is 70.2 Å². The molecule has 0 radical (unpaired) electrons. The van der Waals surface area contributed by atoms with Crippen molar-refractivity contribution in [1.29, 1.82) is 0 Å². The largest absolute Gasteiger partial charge is 0.271 e. The Bertz CT molecular complexity index is 680. The second-order valence-corrected chi connectivity index (χ2v) is 5.17. The van der Waals surface area contributed by atoms with E-state index in [2.05, 4.69) is 10.5 Å². The number of hydrogen-bond donors (Lipinski definition) is 1. The highest BCUT2D eigenvalue weighted by molar-refractivity contribution is 6.31. The van der Waals surface area contributed by atoms with Gasteiger partial charge in [0, 0.05) is 10.6 Å². The van der Waals surface area contributed by atoms with Crippen LogP contribution in [0.5, 0.6) is 0 Å². The number of hydrazone groups is 1. The van der Waals surface area contributed by atoms with E-state index in [1.54, 1.807) is 6.07 Å². The summed E-state index contributed by atoms with van der Waals surface area (Å²) in [5.74, 6) is -0.216. The Balaban J connectivity index is 2.16. The third-order valence-corrected chi connectivity index (χ3v) is 3.30. The maximum absolute atomic E-state index is 12.1. The number of nitrogens with one attached hydrogen (secondary N) is 1. The van der Waals surface area contributed by atoms with Crippen molar-refractivity contribution in [2.24, 2.45) is 5.10 Å². The van der Waals surface area contributed by atoms with Gasteiger partial charge in [0.2, 0.25) is 0 Å². The van der Waals surface area contributed by atoms with E-state index in [1.807, 2.05) is 56.3 Å². The maximum Gasteiger partial charge on any atom is 0.271 e. The number of aryl methyl sites for hydroxylation is 1. The number of carbonyl (C=O) groups is 1. The summed E-state index contributed by atoms with van der Waals surface area (Å²) in [6.45, 7) is 3.93. The zero-order chi connectivity index (χ0) is 15.2. The Morgan fingerprint density at radius 2 is 1.86 bits per heavy atom. The Kier molecular flexibility index (Phi) is 5.12. The summed E-state index contributed by atoms with van der Waals surface area (Å²) < 4.78 is 0. The van der Waals surface area contributed by atoms with Gasteiger partial charge in [0.1, 0.15) is 0 Å². The standard InChI is InChI=1S/C17H17ClN2O/c1-3-16(13-7-5-9-15(18)11-13)19-20-17(21)14-8-4-6-12(2)10-14/h4-11H,3H2,1-2H3,(H,20,21). The molecule has 0 aliphatic rings. The van der Waals surface area contributed by atoms with Gasteiger partial charge in [-0.05, 0) is 43.2 Å². The monoisotopic (exact) mass is 300 g/mol. The molecule has 3 nitrogen and oxygen atoms in total. The first-order chi connectivity index (χ1) is 10.1. The third kappa shape index (κ3) is 4.17. The zero-order valence-corrected chi connectivity index (χ0v) is 12.8. The third-order valence-electron chi connectivity index (χ3n) is 3.07. The minimum absolute atomic E-state index is 0.216. The first-order valence-electron chi connectivity index (χ1n) is 6.79. The Labute approximate surface area is 129 Å². The molecule has 0 saturated heterocycles. The topological polar surface area (TPSA) is 41.5 Å². The molecule has 0 spiro atoms. The van der Waals surface area contributed by atoms with Gasteiger partial charge in [-0.1, -0.05) is 48.4 Å². The molecule has 0 aliphatic carbocycles. The fourth-order valence-corrected chi connectivity index (χ4v) is 2.18. The van der Waals surface area contributed by atoms with Crippen LogP contribution in [0.4, 0.5) is 0 Å². The lowest BCUT2D eigenvalue weighted by atomic mass is 10.1. The van der Waals surface area contributed by atoms with E-state index in [-0.39, 0.29) is 5.91 Å². The van der Waals surface area contributed by atoms with Crippen molar-refractivity contribution in [2.75, 3.05) is 0 Å². The molecular weight excluding hydrogens is 284 g/mol. The van der Waals surface area contributed by atoms with Crippen molar-refractivity contribution in [3.8, 4) is 0 Å². The molecule has 0 atom stereocenters. The van der Waals surface area contributed by atoms with Gasteiger partial charge in [-0.3, -0.25) is 4.79 Å². The summed E-state index contributed by atoms with van der Waals surface area (Å²) >= 11 is 5.98. The van der Waals surface area contributed by atoms with Crippen LogP contribution in [0, 0.1) is 6.92 Å². The van der Waals surface area contributed by atoms with Gasteiger partial charge in [0.05, 0.1) is 5.71 Å². The number of halogens is 1. The highest BCUT2D eigenvalue weighted by Gasteiger charge is 2.06. The van der Waals surface area contributed by atoms with Gasteiger partial charge >= 0.3 is 0 Å². The second kappa shape index (κ2) is 7.04. The second-order valence-electron chi connectivity index (χ2n) is 4.73. The van der Waals surface area contributed by atoms with Gasteiger partial charge in [0.25, 0.3) is 5.91 Å². The van der Waals surface area contributed by atoms with Crippen molar-refractivity contribution in [3.63, 3.8) is 0 Å². The molecule has 0 bridgehead atoms. The van der Waals surface area contributed by atoms with Crippen LogP contribution < -0.4 is 5.43 Å². The molecule has 0 fully saturated rings. The van der Waals surface area contributed by atoms with Crippen LogP contribution in [-0.4, -0.2) is 11.6 Å². The molecule has 0 aromatic heterocycles. The minimum atomic E-state index is -0.216. The summed E-state index contributed by atoms with van der Waals surface area (Å²) in [6, 6.07) is 14.8. The number of benzene rings is 2. The fraction of sp³-hybridized carbons (Fsp3) is 0.176. The highest BCUT2D eigenvalue weighted by Crippen LogP contribution is 2.13. The normalized spacial score (nSPS) is 11.3. The van der Waals surface area contributed by atoms with Crippen LogP contribution in [0.1, 0.15) is 34.8 Å². The molecule has 4 heteroatoms. The van der Waals surface area contributed by atoms with Gasteiger partial charge in [-0.25, -0.2) is 5.43 Å². The minimum Gasteiger partial charge on any atom is -0.267 e. The number of rotatable bonds is 4.